The third-order valence-electron chi connectivity index (χ3n) is 2.02. The number of hydrogen-bond acceptors (Lipinski definition) is 3. The van der Waals surface area contributed by atoms with Gasteiger partial charge in [-0.3, -0.25) is 10.1 Å². The molecule has 17 heavy (non-hydrogen) atoms. The van der Waals surface area contributed by atoms with E-state index in [1.807, 2.05) is 12.3 Å². The first-order valence-corrected chi connectivity index (χ1v) is 6.00. The maximum atomic E-state index is 12.9. The van der Waals surface area contributed by atoms with Crippen LogP contribution in [-0.2, 0) is 0 Å². The van der Waals surface area contributed by atoms with Gasteiger partial charge in [0.05, 0.1) is 10.7 Å². The van der Waals surface area contributed by atoms with Crippen LogP contribution >= 0.6 is 22.9 Å². The Hall–Kier alpha value is -1.46. The molecule has 2 rings (SSSR count). The summed E-state index contributed by atoms with van der Waals surface area (Å²) in [5, 5.41) is 4.87. The van der Waals surface area contributed by atoms with Crippen LogP contribution in [0.1, 0.15) is 16.1 Å². The van der Waals surface area contributed by atoms with E-state index in [0.717, 1.165) is 11.8 Å². The molecule has 0 aliphatic rings. The fourth-order valence-electron chi connectivity index (χ4n) is 1.22. The van der Waals surface area contributed by atoms with Crippen LogP contribution < -0.4 is 5.32 Å². The summed E-state index contributed by atoms with van der Waals surface area (Å²) in [7, 11) is 0. The molecule has 6 heteroatoms. The zero-order valence-electron chi connectivity index (χ0n) is 8.83. The summed E-state index contributed by atoms with van der Waals surface area (Å²) in [6.07, 6.45) is 0. The Morgan fingerprint density at radius 3 is 2.88 bits per heavy atom. The Bertz CT molecular complexity index is 570. The number of carbonyl (C=O) groups is 1. The molecule has 1 aromatic heterocycles. The van der Waals surface area contributed by atoms with E-state index in [9.17, 15) is 9.18 Å². The van der Waals surface area contributed by atoms with Crippen molar-refractivity contribution in [3.8, 4) is 0 Å². The smallest absolute Gasteiger partial charge is 0.257 e. The monoisotopic (exact) mass is 270 g/mol. The van der Waals surface area contributed by atoms with Crippen molar-refractivity contribution in [3.63, 3.8) is 0 Å². The van der Waals surface area contributed by atoms with Gasteiger partial charge in [0.15, 0.2) is 5.13 Å². The Morgan fingerprint density at radius 1 is 1.53 bits per heavy atom. The highest BCUT2D eigenvalue weighted by Gasteiger charge is 2.10. The number of rotatable bonds is 2. The topological polar surface area (TPSA) is 42.0 Å². The standard InChI is InChI=1S/C11H8ClFN2OS/c1-6-5-17-11(14-6)15-10(16)7-2-3-9(13)8(12)4-7/h2-5H,1H3,(H,14,15,16). The van der Waals surface area contributed by atoms with Gasteiger partial charge in [-0.25, -0.2) is 9.37 Å². The van der Waals surface area contributed by atoms with Gasteiger partial charge in [-0.15, -0.1) is 11.3 Å². The molecular formula is C11H8ClFN2OS. The summed E-state index contributed by atoms with van der Waals surface area (Å²) < 4.78 is 12.9. The van der Waals surface area contributed by atoms with E-state index in [1.165, 1.54) is 23.5 Å². The van der Waals surface area contributed by atoms with Crippen molar-refractivity contribution >= 4 is 34.0 Å². The van der Waals surface area contributed by atoms with Gasteiger partial charge in [-0.2, -0.15) is 0 Å². The van der Waals surface area contributed by atoms with E-state index >= 15 is 0 Å². The molecule has 0 saturated carbocycles. The summed E-state index contributed by atoms with van der Waals surface area (Å²) in [4.78, 5) is 15.9. The van der Waals surface area contributed by atoms with Crippen molar-refractivity contribution < 1.29 is 9.18 Å². The maximum Gasteiger partial charge on any atom is 0.257 e. The Labute approximate surface area is 106 Å². The molecule has 2 aromatic rings. The van der Waals surface area contributed by atoms with Crippen molar-refractivity contribution in [1.29, 1.82) is 0 Å². The van der Waals surface area contributed by atoms with Crippen LogP contribution in [0.3, 0.4) is 0 Å². The second-order valence-corrected chi connectivity index (χ2v) is 4.64. The number of aromatic nitrogens is 1. The van der Waals surface area contributed by atoms with Gasteiger partial charge in [0.1, 0.15) is 5.82 Å². The molecule has 0 aliphatic carbocycles. The van der Waals surface area contributed by atoms with Crippen molar-refractivity contribution in [1.82, 2.24) is 4.98 Å². The van der Waals surface area contributed by atoms with Crippen LogP contribution in [0.2, 0.25) is 5.02 Å². The predicted octanol–water partition coefficient (Wildman–Crippen LogP) is 3.50. The lowest BCUT2D eigenvalue weighted by molar-refractivity contribution is 0.102. The molecule has 1 N–H and O–H groups in total. The number of hydrogen-bond donors (Lipinski definition) is 1. The second kappa shape index (κ2) is 4.81. The van der Waals surface area contributed by atoms with Gasteiger partial charge in [0.2, 0.25) is 0 Å². The first kappa shape index (κ1) is 12.0. The number of carbonyl (C=O) groups excluding carboxylic acids is 1. The number of benzene rings is 1. The van der Waals surface area contributed by atoms with Crippen LogP contribution in [0.15, 0.2) is 23.6 Å². The molecule has 0 atom stereocenters. The maximum absolute atomic E-state index is 12.9. The fourth-order valence-corrected chi connectivity index (χ4v) is 2.08. The lowest BCUT2D eigenvalue weighted by Crippen LogP contribution is -2.11. The molecule has 0 spiro atoms. The zero-order chi connectivity index (χ0) is 12.4. The third kappa shape index (κ3) is 2.81. The van der Waals surface area contributed by atoms with Gasteiger partial charge in [-0.05, 0) is 25.1 Å². The van der Waals surface area contributed by atoms with E-state index in [1.54, 1.807) is 0 Å². The molecule has 0 saturated heterocycles. The minimum atomic E-state index is -0.548. The number of anilines is 1. The second-order valence-electron chi connectivity index (χ2n) is 3.38. The highest BCUT2D eigenvalue weighted by molar-refractivity contribution is 7.13. The van der Waals surface area contributed by atoms with Crippen molar-refractivity contribution in [2.24, 2.45) is 0 Å². The van der Waals surface area contributed by atoms with Crippen LogP contribution in [0.5, 0.6) is 0 Å². The van der Waals surface area contributed by atoms with E-state index in [-0.39, 0.29) is 10.9 Å². The molecule has 0 aliphatic heterocycles. The van der Waals surface area contributed by atoms with Crippen molar-refractivity contribution in [3.05, 3.63) is 45.7 Å². The first-order chi connectivity index (χ1) is 8.06. The Balaban J connectivity index is 2.17. The lowest BCUT2D eigenvalue weighted by atomic mass is 10.2. The average molecular weight is 271 g/mol. The largest absolute Gasteiger partial charge is 0.298 e. The van der Waals surface area contributed by atoms with E-state index in [4.69, 9.17) is 11.6 Å². The first-order valence-electron chi connectivity index (χ1n) is 4.75. The number of aryl methyl sites for hydroxylation is 1. The predicted molar refractivity (Wildman–Crippen MR) is 66.2 cm³/mol. The molecule has 88 valence electrons. The molecule has 1 aromatic carbocycles. The molecule has 3 nitrogen and oxygen atoms in total. The molecule has 0 radical (unpaired) electrons. The summed E-state index contributed by atoms with van der Waals surface area (Å²) >= 11 is 6.93. The van der Waals surface area contributed by atoms with E-state index in [0.29, 0.717) is 10.7 Å². The highest BCUT2D eigenvalue weighted by Crippen LogP contribution is 2.19. The quantitative estimate of drug-likeness (QED) is 0.907. The zero-order valence-corrected chi connectivity index (χ0v) is 10.4. The fraction of sp³-hybridized carbons (Fsp3) is 0.0909. The number of thiazole rings is 1. The van der Waals surface area contributed by atoms with Gasteiger partial charge in [0.25, 0.3) is 5.91 Å². The van der Waals surface area contributed by atoms with Crippen LogP contribution in [-0.4, -0.2) is 10.9 Å². The Morgan fingerprint density at radius 2 is 2.29 bits per heavy atom. The van der Waals surface area contributed by atoms with Crippen molar-refractivity contribution in [2.45, 2.75) is 6.92 Å². The molecule has 0 unspecified atom stereocenters. The SMILES string of the molecule is Cc1csc(NC(=O)c2ccc(F)c(Cl)c2)n1. The van der Waals surface area contributed by atoms with E-state index < -0.39 is 5.82 Å². The number of amides is 1. The molecular weight excluding hydrogens is 263 g/mol. The minimum absolute atomic E-state index is 0.0760. The van der Waals surface area contributed by atoms with Gasteiger partial charge >= 0.3 is 0 Å². The summed E-state index contributed by atoms with van der Waals surface area (Å²) in [5.74, 6) is -0.908. The lowest BCUT2D eigenvalue weighted by Gasteiger charge is -2.02. The van der Waals surface area contributed by atoms with Gasteiger partial charge in [0, 0.05) is 10.9 Å². The molecule has 0 bridgehead atoms. The molecule has 1 amide bonds. The minimum Gasteiger partial charge on any atom is -0.298 e. The third-order valence-corrected chi connectivity index (χ3v) is 3.19. The molecule has 0 fully saturated rings. The molecule has 1 heterocycles. The summed E-state index contributed by atoms with van der Waals surface area (Å²) in [6.45, 7) is 1.83. The summed E-state index contributed by atoms with van der Waals surface area (Å²) in [5.41, 5.74) is 1.13. The summed E-state index contributed by atoms with van der Waals surface area (Å²) in [6, 6.07) is 3.81. The van der Waals surface area contributed by atoms with Gasteiger partial charge < -0.3 is 0 Å². The van der Waals surface area contributed by atoms with E-state index in [2.05, 4.69) is 10.3 Å². The highest BCUT2D eigenvalue weighted by atomic mass is 35.5. The Kier molecular flexibility index (Phi) is 3.40. The van der Waals surface area contributed by atoms with Crippen LogP contribution in [0, 0.1) is 12.7 Å². The van der Waals surface area contributed by atoms with Gasteiger partial charge in [-0.1, -0.05) is 11.6 Å². The van der Waals surface area contributed by atoms with Crippen molar-refractivity contribution in [2.75, 3.05) is 5.32 Å². The normalized spacial score (nSPS) is 10.3. The average Bonchev–Trinajstić information content (AvgIpc) is 2.68. The van der Waals surface area contributed by atoms with Crippen LogP contribution in [0.25, 0.3) is 0 Å². The number of halogens is 2. The number of nitrogens with zero attached hydrogens (tertiary/aromatic N) is 1. The van der Waals surface area contributed by atoms with Crippen LogP contribution in [0.4, 0.5) is 9.52 Å². The number of nitrogens with one attached hydrogen (secondary N) is 1.